The highest BCUT2D eigenvalue weighted by atomic mass is 16.2. The molecule has 0 aromatic heterocycles. The lowest BCUT2D eigenvalue weighted by molar-refractivity contribution is -0.123. The first-order valence-electron chi connectivity index (χ1n) is 6.95. The second-order valence-electron chi connectivity index (χ2n) is 5.20. The highest BCUT2D eigenvalue weighted by Crippen LogP contribution is 2.36. The molecule has 0 saturated heterocycles. The molecule has 1 aliphatic rings. The molecule has 102 valence electrons. The number of fused-ring (bicyclic) bond motifs is 1. The van der Waals surface area contributed by atoms with Crippen LogP contribution in [0.15, 0.2) is 48.5 Å². The summed E-state index contributed by atoms with van der Waals surface area (Å²) in [6.07, 6.45) is 0.817. The second kappa shape index (κ2) is 5.00. The van der Waals surface area contributed by atoms with Gasteiger partial charge in [0.15, 0.2) is 0 Å². The number of nitrogen functional groups attached to an aromatic ring is 1. The molecule has 2 unspecified atom stereocenters. The Morgan fingerprint density at radius 1 is 1.05 bits per heavy atom. The summed E-state index contributed by atoms with van der Waals surface area (Å²) in [4.78, 5) is 12.3. The molecule has 0 aliphatic carbocycles. The summed E-state index contributed by atoms with van der Waals surface area (Å²) in [7, 11) is 0. The quantitative estimate of drug-likeness (QED) is 0.821. The molecule has 0 spiro atoms. The molecule has 0 saturated carbocycles. The first-order valence-corrected chi connectivity index (χ1v) is 6.95. The third-order valence-electron chi connectivity index (χ3n) is 3.96. The number of nitrogens with two attached hydrogens (primary N) is 1. The van der Waals surface area contributed by atoms with Gasteiger partial charge in [-0.2, -0.15) is 0 Å². The number of rotatable bonds is 2. The SMILES string of the molecule is CCC1C(=O)NC(c2ccc(N)cc2)c2ccccc21. The molecule has 1 aliphatic heterocycles. The first kappa shape index (κ1) is 12.7. The fourth-order valence-corrected chi connectivity index (χ4v) is 2.91. The highest BCUT2D eigenvalue weighted by Gasteiger charge is 2.32. The third-order valence-corrected chi connectivity index (χ3v) is 3.96. The van der Waals surface area contributed by atoms with Crippen LogP contribution < -0.4 is 11.1 Å². The van der Waals surface area contributed by atoms with Gasteiger partial charge in [-0.05, 0) is 35.2 Å². The number of carbonyl (C=O) groups is 1. The maximum Gasteiger partial charge on any atom is 0.228 e. The zero-order valence-corrected chi connectivity index (χ0v) is 11.5. The van der Waals surface area contributed by atoms with Crippen molar-refractivity contribution >= 4 is 11.6 Å². The summed E-state index contributed by atoms with van der Waals surface area (Å²) >= 11 is 0. The Morgan fingerprint density at radius 3 is 2.35 bits per heavy atom. The topological polar surface area (TPSA) is 55.1 Å². The van der Waals surface area contributed by atoms with Crippen molar-refractivity contribution < 1.29 is 4.79 Å². The smallest absolute Gasteiger partial charge is 0.228 e. The van der Waals surface area contributed by atoms with E-state index in [2.05, 4.69) is 17.4 Å². The summed E-state index contributed by atoms with van der Waals surface area (Å²) < 4.78 is 0. The van der Waals surface area contributed by atoms with E-state index in [4.69, 9.17) is 5.73 Å². The van der Waals surface area contributed by atoms with Crippen molar-refractivity contribution in [1.29, 1.82) is 0 Å². The van der Waals surface area contributed by atoms with Gasteiger partial charge < -0.3 is 11.1 Å². The number of amides is 1. The van der Waals surface area contributed by atoms with Crippen LogP contribution in [0.1, 0.15) is 42.0 Å². The summed E-state index contributed by atoms with van der Waals surface area (Å²) in [6.45, 7) is 2.05. The van der Waals surface area contributed by atoms with Crippen LogP contribution in [0.3, 0.4) is 0 Å². The number of anilines is 1. The Bertz CT molecular complexity index is 634. The van der Waals surface area contributed by atoms with Crippen LogP contribution in [0, 0.1) is 0 Å². The van der Waals surface area contributed by atoms with Gasteiger partial charge in [0.05, 0.1) is 12.0 Å². The Balaban J connectivity index is 2.09. The van der Waals surface area contributed by atoms with Crippen LogP contribution in [0.2, 0.25) is 0 Å². The maximum atomic E-state index is 12.3. The van der Waals surface area contributed by atoms with Gasteiger partial charge in [-0.3, -0.25) is 4.79 Å². The molecule has 1 amide bonds. The van der Waals surface area contributed by atoms with Crippen LogP contribution in [-0.2, 0) is 4.79 Å². The van der Waals surface area contributed by atoms with Crippen LogP contribution >= 0.6 is 0 Å². The van der Waals surface area contributed by atoms with Crippen LogP contribution in [0.5, 0.6) is 0 Å². The monoisotopic (exact) mass is 266 g/mol. The van der Waals surface area contributed by atoms with Gasteiger partial charge in [0.25, 0.3) is 0 Å². The Hall–Kier alpha value is -2.29. The van der Waals surface area contributed by atoms with Gasteiger partial charge in [0, 0.05) is 5.69 Å². The van der Waals surface area contributed by atoms with Crippen molar-refractivity contribution in [1.82, 2.24) is 5.32 Å². The molecule has 0 radical (unpaired) electrons. The van der Waals surface area contributed by atoms with E-state index in [9.17, 15) is 4.79 Å². The van der Waals surface area contributed by atoms with Crippen molar-refractivity contribution in [3.8, 4) is 0 Å². The molecule has 2 aromatic carbocycles. The number of hydrogen-bond acceptors (Lipinski definition) is 2. The predicted molar refractivity (Wildman–Crippen MR) is 80.3 cm³/mol. The van der Waals surface area contributed by atoms with Crippen LogP contribution in [0.4, 0.5) is 5.69 Å². The van der Waals surface area contributed by atoms with Crippen molar-refractivity contribution in [3.05, 3.63) is 65.2 Å². The molecule has 1 heterocycles. The predicted octanol–water partition coefficient (Wildman–Crippen LogP) is 2.98. The standard InChI is InChI=1S/C17H18N2O/c1-2-13-14-5-3-4-6-15(14)16(19-17(13)20)11-7-9-12(18)10-8-11/h3-10,13,16H,2,18H2,1H3,(H,19,20). The lowest BCUT2D eigenvalue weighted by Crippen LogP contribution is -2.38. The van der Waals surface area contributed by atoms with Crippen molar-refractivity contribution in [2.75, 3.05) is 5.73 Å². The number of benzene rings is 2. The first-order chi connectivity index (χ1) is 9.70. The minimum atomic E-state index is -0.0814. The largest absolute Gasteiger partial charge is 0.399 e. The molecule has 0 bridgehead atoms. The molecule has 2 atom stereocenters. The molecule has 3 nitrogen and oxygen atoms in total. The fourth-order valence-electron chi connectivity index (χ4n) is 2.91. The maximum absolute atomic E-state index is 12.3. The van der Waals surface area contributed by atoms with E-state index in [-0.39, 0.29) is 17.9 Å². The van der Waals surface area contributed by atoms with E-state index in [0.717, 1.165) is 23.2 Å². The molecular formula is C17H18N2O. The van der Waals surface area contributed by atoms with Crippen molar-refractivity contribution in [3.63, 3.8) is 0 Å². The zero-order valence-electron chi connectivity index (χ0n) is 11.5. The summed E-state index contributed by atoms with van der Waals surface area (Å²) in [6, 6.07) is 15.8. The van der Waals surface area contributed by atoms with E-state index in [1.807, 2.05) is 43.3 Å². The van der Waals surface area contributed by atoms with Gasteiger partial charge in [-0.1, -0.05) is 43.3 Å². The van der Waals surface area contributed by atoms with Crippen molar-refractivity contribution in [2.45, 2.75) is 25.3 Å². The molecule has 0 fully saturated rings. The minimum absolute atomic E-state index is 0.0452. The Labute approximate surface area is 118 Å². The van der Waals surface area contributed by atoms with E-state index < -0.39 is 0 Å². The molecule has 2 aromatic rings. The van der Waals surface area contributed by atoms with Gasteiger partial charge in [0.2, 0.25) is 5.91 Å². The lowest BCUT2D eigenvalue weighted by Gasteiger charge is -2.32. The number of hydrogen-bond donors (Lipinski definition) is 2. The highest BCUT2D eigenvalue weighted by molar-refractivity contribution is 5.87. The molecular weight excluding hydrogens is 248 g/mol. The van der Waals surface area contributed by atoms with Gasteiger partial charge in [-0.15, -0.1) is 0 Å². The lowest BCUT2D eigenvalue weighted by atomic mass is 9.82. The number of nitrogens with one attached hydrogen (secondary N) is 1. The summed E-state index contributed by atoms with van der Waals surface area (Å²) in [5.41, 5.74) is 9.85. The van der Waals surface area contributed by atoms with E-state index in [1.165, 1.54) is 5.56 Å². The fraction of sp³-hybridized carbons (Fsp3) is 0.235. The Morgan fingerprint density at radius 2 is 1.70 bits per heavy atom. The number of carbonyl (C=O) groups excluding carboxylic acids is 1. The van der Waals surface area contributed by atoms with E-state index in [1.54, 1.807) is 0 Å². The van der Waals surface area contributed by atoms with E-state index >= 15 is 0 Å². The second-order valence-corrected chi connectivity index (χ2v) is 5.20. The molecule has 3 N–H and O–H groups in total. The average Bonchev–Trinajstić information content (AvgIpc) is 2.47. The summed E-state index contributed by atoms with van der Waals surface area (Å²) in [5, 5.41) is 3.13. The third kappa shape index (κ3) is 2.05. The van der Waals surface area contributed by atoms with Gasteiger partial charge >= 0.3 is 0 Å². The summed E-state index contributed by atoms with van der Waals surface area (Å²) in [5.74, 6) is 0.0595. The molecule has 3 rings (SSSR count). The normalized spacial score (nSPS) is 21.1. The van der Waals surface area contributed by atoms with Gasteiger partial charge in [0.1, 0.15) is 0 Å². The zero-order chi connectivity index (χ0) is 14.1. The van der Waals surface area contributed by atoms with Gasteiger partial charge in [-0.25, -0.2) is 0 Å². The van der Waals surface area contributed by atoms with Crippen LogP contribution in [0.25, 0.3) is 0 Å². The molecule has 3 heteroatoms. The minimum Gasteiger partial charge on any atom is -0.399 e. The Kier molecular flexibility index (Phi) is 3.18. The van der Waals surface area contributed by atoms with E-state index in [0.29, 0.717) is 0 Å². The van der Waals surface area contributed by atoms with Crippen molar-refractivity contribution in [2.24, 2.45) is 0 Å². The molecule has 20 heavy (non-hydrogen) atoms. The van der Waals surface area contributed by atoms with Crippen LogP contribution in [-0.4, -0.2) is 5.91 Å². The average molecular weight is 266 g/mol.